The van der Waals surface area contributed by atoms with Gasteiger partial charge < -0.3 is 0 Å². The van der Waals surface area contributed by atoms with Gasteiger partial charge in [0, 0.05) is 10.7 Å². The van der Waals surface area contributed by atoms with E-state index < -0.39 is 34.4 Å². The van der Waals surface area contributed by atoms with Crippen molar-refractivity contribution in [1.29, 1.82) is 0 Å². The number of hydrogen-bond donors (Lipinski definition) is 1. The molecule has 20 heavy (non-hydrogen) atoms. The number of imide groups is 1. The molecule has 2 heterocycles. The van der Waals surface area contributed by atoms with E-state index >= 15 is 0 Å². The first-order valence-corrected chi connectivity index (χ1v) is 8.01. The van der Waals surface area contributed by atoms with Gasteiger partial charge in [0.2, 0.25) is 21.8 Å². The summed E-state index contributed by atoms with van der Waals surface area (Å²) in [6.07, 6.45) is 1.35. The summed E-state index contributed by atoms with van der Waals surface area (Å²) in [5.74, 6) is -1.36. The van der Waals surface area contributed by atoms with Crippen LogP contribution in [0.15, 0.2) is 21.6 Å². The number of aromatic nitrogens is 1. The number of amides is 2. The van der Waals surface area contributed by atoms with Crippen LogP contribution >= 0.6 is 27.5 Å². The van der Waals surface area contributed by atoms with E-state index in [1.54, 1.807) is 0 Å². The minimum absolute atomic E-state index is 0.223. The van der Waals surface area contributed by atoms with Gasteiger partial charge in [-0.05, 0) is 28.9 Å². The lowest BCUT2D eigenvalue weighted by atomic mass is 10.2. The van der Waals surface area contributed by atoms with Gasteiger partial charge in [0.25, 0.3) is 0 Å². The van der Waals surface area contributed by atoms with Gasteiger partial charge in [-0.15, -0.1) is 0 Å². The summed E-state index contributed by atoms with van der Waals surface area (Å²) in [5.41, 5.74) is 0. The molecule has 7 nitrogen and oxygen atoms in total. The minimum Gasteiger partial charge on any atom is -0.294 e. The molecule has 0 bridgehead atoms. The third-order valence-electron chi connectivity index (χ3n) is 2.73. The van der Waals surface area contributed by atoms with Gasteiger partial charge in [-0.25, -0.2) is 13.4 Å². The van der Waals surface area contributed by atoms with E-state index in [1.807, 2.05) is 0 Å². The Kier molecular flexibility index (Phi) is 4.14. The van der Waals surface area contributed by atoms with Crippen LogP contribution in [0.4, 0.5) is 0 Å². The van der Waals surface area contributed by atoms with Crippen LogP contribution in [-0.4, -0.2) is 42.1 Å². The van der Waals surface area contributed by atoms with Crippen LogP contribution < -0.4 is 5.32 Å². The average Bonchev–Trinajstić information content (AvgIpc) is 2.36. The fourth-order valence-electron chi connectivity index (χ4n) is 1.70. The molecule has 0 aliphatic carbocycles. The molecule has 0 aromatic carbocycles. The van der Waals surface area contributed by atoms with Crippen molar-refractivity contribution in [2.45, 2.75) is 17.9 Å². The molecule has 1 unspecified atom stereocenters. The van der Waals surface area contributed by atoms with Gasteiger partial charge in [-0.2, -0.15) is 4.31 Å². The molecule has 0 spiro atoms. The van der Waals surface area contributed by atoms with Crippen molar-refractivity contribution in [1.82, 2.24) is 14.6 Å². The van der Waals surface area contributed by atoms with Crippen LogP contribution in [0.3, 0.4) is 0 Å². The van der Waals surface area contributed by atoms with Gasteiger partial charge in [-0.1, -0.05) is 11.6 Å². The van der Waals surface area contributed by atoms with Gasteiger partial charge >= 0.3 is 0 Å². The van der Waals surface area contributed by atoms with E-state index in [4.69, 9.17) is 11.6 Å². The van der Waals surface area contributed by atoms with Crippen molar-refractivity contribution >= 4 is 49.4 Å². The zero-order valence-corrected chi connectivity index (χ0v) is 13.3. The van der Waals surface area contributed by atoms with Crippen LogP contribution in [0.25, 0.3) is 0 Å². The first-order valence-electron chi connectivity index (χ1n) is 5.40. The predicted molar refractivity (Wildman–Crippen MR) is 73.5 cm³/mol. The largest absolute Gasteiger partial charge is 0.294 e. The normalized spacial score (nSPS) is 20.9. The van der Waals surface area contributed by atoms with Crippen molar-refractivity contribution in [3.05, 3.63) is 21.9 Å². The summed E-state index contributed by atoms with van der Waals surface area (Å²) in [6.45, 7) is 0.941. The van der Waals surface area contributed by atoms with E-state index in [2.05, 4.69) is 26.2 Å². The molecule has 1 aliphatic heterocycles. The number of carbonyl (C=O) groups excluding carboxylic acids is 2. The highest BCUT2D eigenvalue weighted by Gasteiger charge is 2.40. The first kappa shape index (κ1) is 15.4. The number of piperazine rings is 1. The lowest BCUT2D eigenvalue weighted by Gasteiger charge is -2.30. The quantitative estimate of drug-likeness (QED) is 0.594. The number of halogens is 2. The highest BCUT2D eigenvalue weighted by Crippen LogP contribution is 2.27. The van der Waals surface area contributed by atoms with Crippen molar-refractivity contribution in [2.24, 2.45) is 0 Å². The fourth-order valence-corrected chi connectivity index (χ4v) is 4.17. The summed E-state index contributed by atoms with van der Waals surface area (Å²) in [7, 11) is -4.10. The van der Waals surface area contributed by atoms with Crippen LogP contribution in [0, 0.1) is 0 Å². The summed E-state index contributed by atoms with van der Waals surface area (Å²) >= 11 is 8.90. The van der Waals surface area contributed by atoms with E-state index in [1.165, 1.54) is 19.2 Å². The molecular formula is C10H9BrClN3O4S. The Balaban J connectivity index is 2.51. The van der Waals surface area contributed by atoms with E-state index in [-0.39, 0.29) is 10.0 Å². The van der Waals surface area contributed by atoms with Crippen LogP contribution in [0.1, 0.15) is 6.92 Å². The summed E-state index contributed by atoms with van der Waals surface area (Å²) in [4.78, 5) is 26.4. The second-order valence-corrected chi connectivity index (χ2v) is 7.21. The van der Waals surface area contributed by atoms with Gasteiger partial charge in [0.15, 0.2) is 0 Å². The van der Waals surface area contributed by atoms with Gasteiger partial charge in [-0.3, -0.25) is 14.9 Å². The minimum atomic E-state index is -4.10. The number of nitrogens with one attached hydrogen (secondary N) is 1. The molecule has 1 N–H and O–H groups in total. The lowest BCUT2D eigenvalue weighted by molar-refractivity contribution is -0.136. The number of carbonyl (C=O) groups is 2. The van der Waals surface area contributed by atoms with Crippen LogP contribution in [-0.2, 0) is 19.6 Å². The number of rotatable bonds is 2. The first-order chi connectivity index (χ1) is 9.23. The van der Waals surface area contributed by atoms with Gasteiger partial charge in [0.05, 0.1) is 6.54 Å². The second kappa shape index (κ2) is 5.40. The maximum Gasteiger partial charge on any atom is 0.247 e. The number of pyridine rings is 1. The molecular weight excluding hydrogens is 374 g/mol. The summed E-state index contributed by atoms with van der Waals surface area (Å²) < 4.78 is 26.2. The molecule has 0 saturated carbocycles. The van der Waals surface area contributed by atoms with Crippen molar-refractivity contribution in [3.8, 4) is 0 Å². The Morgan fingerprint density at radius 1 is 1.50 bits per heavy atom. The molecule has 2 rings (SSSR count). The Morgan fingerprint density at radius 3 is 2.80 bits per heavy atom. The molecule has 2 amide bonds. The Morgan fingerprint density at radius 2 is 2.15 bits per heavy atom. The Hall–Kier alpha value is -1.03. The van der Waals surface area contributed by atoms with Crippen molar-refractivity contribution < 1.29 is 18.0 Å². The highest BCUT2D eigenvalue weighted by molar-refractivity contribution is 9.10. The zero-order valence-electron chi connectivity index (χ0n) is 10.1. The van der Waals surface area contributed by atoms with E-state index in [0.717, 1.165) is 4.31 Å². The maximum atomic E-state index is 12.5. The second-order valence-electron chi connectivity index (χ2n) is 4.08. The fraction of sp³-hybridized carbons (Fsp3) is 0.300. The Labute approximate surface area is 128 Å². The SMILES string of the molecule is CC1C(=O)NC(=O)CN1S(=O)(=O)c1cc(Br)cnc1Cl. The molecule has 1 fully saturated rings. The molecule has 1 aromatic rings. The van der Waals surface area contributed by atoms with Crippen LogP contribution in [0.5, 0.6) is 0 Å². The third kappa shape index (κ3) is 2.71. The summed E-state index contributed by atoms with van der Waals surface area (Å²) in [6, 6.07) is 0.265. The predicted octanol–water partition coefficient (Wildman–Crippen LogP) is 0.533. The zero-order chi connectivity index (χ0) is 15.1. The number of nitrogens with zero attached hydrogens (tertiary/aromatic N) is 2. The number of hydrogen-bond acceptors (Lipinski definition) is 5. The van der Waals surface area contributed by atoms with Crippen molar-refractivity contribution in [3.63, 3.8) is 0 Å². The van der Waals surface area contributed by atoms with Crippen molar-refractivity contribution in [2.75, 3.05) is 6.54 Å². The molecule has 1 aliphatic rings. The Bertz CT molecular complexity index is 694. The van der Waals surface area contributed by atoms with Gasteiger partial charge in [0.1, 0.15) is 16.1 Å². The monoisotopic (exact) mass is 381 g/mol. The van der Waals surface area contributed by atoms with Crippen LogP contribution in [0.2, 0.25) is 5.15 Å². The molecule has 1 saturated heterocycles. The van der Waals surface area contributed by atoms with E-state index in [9.17, 15) is 18.0 Å². The number of sulfonamides is 1. The maximum absolute atomic E-state index is 12.5. The molecule has 108 valence electrons. The molecule has 0 radical (unpaired) electrons. The summed E-state index contributed by atoms with van der Waals surface area (Å²) in [5, 5.41) is 1.84. The highest BCUT2D eigenvalue weighted by atomic mass is 79.9. The topological polar surface area (TPSA) is 96.4 Å². The molecule has 1 atom stereocenters. The molecule has 10 heteroatoms. The molecule has 1 aromatic heterocycles. The third-order valence-corrected chi connectivity index (χ3v) is 5.51. The average molecular weight is 383 g/mol. The standard InChI is InChI=1S/C10H9BrClN3O4S/c1-5-10(17)14-8(16)4-15(5)20(18,19)7-2-6(11)3-13-9(7)12/h2-3,5H,4H2,1H3,(H,14,16,17). The lowest BCUT2D eigenvalue weighted by Crippen LogP contribution is -2.58. The smallest absolute Gasteiger partial charge is 0.247 e. The van der Waals surface area contributed by atoms with E-state index in [0.29, 0.717) is 4.47 Å².